The van der Waals surface area contributed by atoms with Gasteiger partial charge in [0.25, 0.3) is 5.56 Å². The summed E-state index contributed by atoms with van der Waals surface area (Å²) in [6.45, 7) is 0. The van der Waals surface area contributed by atoms with Gasteiger partial charge in [-0.2, -0.15) is 13.2 Å². The molecule has 6 rings (SSSR count). The standard InChI is InChI=1S/C27H15F3N4O2/c28-27(29,30)20-9-7-17(8-10-20)23-26(34-13-11-16-5-3-12-31-22(16)25(34)35)36-24(33-23)19-14-18-4-1-2-6-21(18)32-15-19/h1-15H. The first-order valence-electron chi connectivity index (χ1n) is 10.9. The van der Waals surface area contributed by atoms with E-state index in [1.54, 1.807) is 24.4 Å². The number of benzene rings is 2. The fraction of sp³-hybridized carbons (Fsp3) is 0.0370. The van der Waals surface area contributed by atoms with Gasteiger partial charge < -0.3 is 4.42 Å². The summed E-state index contributed by atoms with van der Waals surface area (Å²) in [7, 11) is 0. The molecular weight excluding hydrogens is 469 g/mol. The van der Waals surface area contributed by atoms with Crippen molar-refractivity contribution in [3.8, 4) is 28.6 Å². The Morgan fingerprint density at radius 2 is 1.61 bits per heavy atom. The van der Waals surface area contributed by atoms with Gasteiger partial charge in [0.15, 0.2) is 0 Å². The number of hydrogen-bond donors (Lipinski definition) is 0. The molecule has 6 nitrogen and oxygen atoms in total. The fourth-order valence-corrected chi connectivity index (χ4v) is 4.02. The van der Waals surface area contributed by atoms with Crippen LogP contribution < -0.4 is 5.56 Å². The molecule has 2 aromatic carbocycles. The molecule has 6 aromatic rings. The molecular formula is C27H15F3N4O2. The normalized spacial score (nSPS) is 11.9. The van der Waals surface area contributed by atoms with Crippen LogP contribution in [0.15, 0.2) is 101 Å². The molecule has 0 aliphatic carbocycles. The number of pyridine rings is 3. The van der Waals surface area contributed by atoms with Crippen molar-refractivity contribution in [1.82, 2.24) is 19.5 Å². The monoisotopic (exact) mass is 484 g/mol. The lowest BCUT2D eigenvalue weighted by Gasteiger charge is -2.08. The van der Waals surface area contributed by atoms with Gasteiger partial charge in [-0.25, -0.2) is 4.98 Å². The van der Waals surface area contributed by atoms with E-state index in [1.165, 1.54) is 29.1 Å². The van der Waals surface area contributed by atoms with Gasteiger partial charge in [0.2, 0.25) is 11.8 Å². The summed E-state index contributed by atoms with van der Waals surface area (Å²) >= 11 is 0. The van der Waals surface area contributed by atoms with Crippen LogP contribution in [0.3, 0.4) is 0 Å². The minimum atomic E-state index is -4.48. The average Bonchev–Trinajstić information content (AvgIpc) is 3.33. The van der Waals surface area contributed by atoms with Crippen LogP contribution in [0.4, 0.5) is 13.2 Å². The second-order valence-electron chi connectivity index (χ2n) is 8.10. The molecule has 0 saturated heterocycles. The number of hydrogen-bond acceptors (Lipinski definition) is 5. The summed E-state index contributed by atoms with van der Waals surface area (Å²) in [5, 5.41) is 1.51. The van der Waals surface area contributed by atoms with Gasteiger partial charge >= 0.3 is 6.18 Å². The molecule has 0 unspecified atom stereocenters. The summed E-state index contributed by atoms with van der Waals surface area (Å²) in [5.74, 6) is 0.238. The summed E-state index contributed by atoms with van der Waals surface area (Å²) in [4.78, 5) is 26.5. The maximum Gasteiger partial charge on any atom is 0.416 e. The highest BCUT2D eigenvalue weighted by Gasteiger charge is 2.30. The van der Waals surface area contributed by atoms with Crippen LogP contribution >= 0.6 is 0 Å². The first kappa shape index (κ1) is 21.7. The molecule has 0 spiro atoms. The van der Waals surface area contributed by atoms with E-state index in [0.717, 1.165) is 23.0 Å². The van der Waals surface area contributed by atoms with Crippen LogP contribution in [0.25, 0.3) is 50.4 Å². The average molecular weight is 484 g/mol. The smallest absolute Gasteiger partial charge is 0.416 e. The third kappa shape index (κ3) is 3.70. The maximum absolute atomic E-state index is 13.3. The molecule has 36 heavy (non-hydrogen) atoms. The molecule has 0 aliphatic heterocycles. The SMILES string of the molecule is O=c1c2ncccc2ccn1-c1oc(-c2cnc3ccccc3c2)nc1-c1ccc(C(F)(F)F)cc1. The zero-order chi connectivity index (χ0) is 24.9. The molecule has 4 heterocycles. The molecule has 0 N–H and O–H groups in total. The van der Waals surface area contributed by atoms with Crippen molar-refractivity contribution in [1.29, 1.82) is 0 Å². The molecule has 0 bridgehead atoms. The van der Waals surface area contributed by atoms with Crippen molar-refractivity contribution in [3.63, 3.8) is 0 Å². The predicted octanol–water partition coefficient (Wildman–Crippen LogP) is 6.27. The fourth-order valence-electron chi connectivity index (χ4n) is 4.02. The Morgan fingerprint density at radius 1 is 0.833 bits per heavy atom. The van der Waals surface area contributed by atoms with Crippen LogP contribution in [0, 0.1) is 0 Å². The Hall–Kier alpha value is -4.79. The van der Waals surface area contributed by atoms with Crippen molar-refractivity contribution < 1.29 is 17.6 Å². The minimum absolute atomic E-state index is 0.0653. The highest BCUT2D eigenvalue weighted by atomic mass is 19.4. The molecule has 0 amide bonds. The van der Waals surface area contributed by atoms with E-state index in [9.17, 15) is 18.0 Å². The molecule has 0 saturated carbocycles. The van der Waals surface area contributed by atoms with Crippen LogP contribution in [0.2, 0.25) is 0 Å². The number of rotatable bonds is 3. The quantitative estimate of drug-likeness (QED) is 0.296. The zero-order valence-electron chi connectivity index (χ0n) is 18.4. The highest BCUT2D eigenvalue weighted by molar-refractivity contribution is 5.83. The number of nitrogens with zero attached hydrogens (tertiary/aromatic N) is 4. The second-order valence-corrected chi connectivity index (χ2v) is 8.10. The van der Waals surface area contributed by atoms with Crippen molar-refractivity contribution >= 4 is 21.8 Å². The number of alkyl halides is 3. The van der Waals surface area contributed by atoms with Gasteiger partial charge in [0.05, 0.1) is 16.6 Å². The van der Waals surface area contributed by atoms with Crippen LogP contribution in [0.5, 0.6) is 0 Å². The van der Waals surface area contributed by atoms with Crippen LogP contribution in [-0.4, -0.2) is 19.5 Å². The van der Waals surface area contributed by atoms with E-state index in [4.69, 9.17) is 4.42 Å². The van der Waals surface area contributed by atoms with E-state index >= 15 is 0 Å². The van der Waals surface area contributed by atoms with Crippen molar-refractivity contribution in [2.45, 2.75) is 6.18 Å². The Labute approximate surface area is 201 Å². The van der Waals surface area contributed by atoms with Gasteiger partial charge in [-0.3, -0.25) is 19.3 Å². The van der Waals surface area contributed by atoms with Gasteiger partial charge in [0, 0.05) is 34.9 Å². The molecule has 4 aromatic heterocycles. The third-order valence-electron chi connectivity index (χ3n) is 5.81. The van der Waals surface area contributed by atoms with Gasteiger partial charge in [0.1, 0.15) is 11.2 Å². The van der Waals surface area contributed by atoms with E-state index in [0.29, 0.717) is 16.5 Å². The Morgan fingerprint density at radius 3 is 2.42 bits per heavy atom. The Balaban J connectivity index is 1.57. The lowest BCUT2D eigenvalue weighted by molar-refractivity contribution is -0.137. The third-order valence-corrected chi connectivity index (χ3v) is 5.81. The molecule has 0 aliphatic rings. The lowest BCUT2D eigenvalue weighted by Crippen LogP contribution is -2.18. The summed E-state index contributed by atoms with van der Waals surface area (Å²) in [6.07, 6.45) is 0.160. The Kier molecular flexibility index (Phi) is 4.92. The second kappa shape index (κ2) is 8.16. The summed E-state index contributed by atoms with van der Waals surface area (Å²) < 4.78 is 46.7. The van der Waals surface area contributed by atoms with E-state index < -0.39 is 17.3 Å². The summed E-state index contributed by atoms with van der Waals surface area (Å²) in [6, 6.07) is 19.1. The topological polar surface area (TPSA) is 73.8 Å². The largest absolute Gasteiger partial charge is 0.419 e. The molecule has 9 heteroatoms. The first-order chi connectivity index (χ1) is 17.4. The number of aromatic nitrogens is 4. The van der Waals surface area contributed by atoms with Crippen molar-refractivity contribution in [2.24, 2.45) is 0 Å². The zero-order valence-corrected chi connectivity index (χ0v) is 18.4. The number of fused-ring (bicyclic) bond motifs is 2. The van der Waals surface area contributed by atoms with Crippen LogP contribution in [0.1, 0.15) is 5.56 Å². The minimum Gasteiger partial charge on any atom is -0.419 e. The van der Waals surface area contributed by atoms with Gasteiger partial charge in [-0.15, -0.1) is 0 Å². The maximum atomic E-state index is 13.3. The summed E-state index contributed by atoms with van der Waals surface area (Å²) in [5.41, 5.74) is 0.901. The van der Waals surface area contributed by atoms with Crippen molar-refractivity contribution in [3.05, 3.63) is 107 Å². The first-order valence-corrected chi connectivity index (χ1v) is 10.9. The molecule has 176 valence electrons. The molecule has 0 atom stereocenters. The van der Waals surface area contributed by atoms with Gasteiger partial charge in [-0.05, 0) is 36.4 Å². The Bertz CT molecular complexity index is 1810. The predicted molar refractivity (Wildman–Crippen MR) is 129 cm³/mol. The number of oxazole rings is 1. The number of para-hydroxylation sites is 1. The lowest BCUT2D eigenvalue weighted by atomic mass is 10.1. The van der Waals surface area contributed by atoms with Crippen molar-refractivity contribution in [2.75, 3.05) is 0 Å². The van der Waals surface area contributed by atoms with E-state index in [1.807, 2.05) is 30.3 Å². The molecule has 0 fully saturated rings. The van der Waals surface area contributed by atoms with E-state index in [2.05, 4.69) is 15.0 Å². The number of halogens is 3. The molecule has 0 radical (unpaired) electrons. The van der Waals surface area contributed by atoms with Gasteiger partial charge in [-0.1, -0.05) is 36.4 Å². The highest BCUT2D eigenvalue weighted by Crippen LogP contribution is 2.35. The van der Waals surface area contributed by atoms with Crippen LogP contribution in [-0.2, 0) is 6.18 Å². The van der Waals surface area contributed by atoms with E-state index in [-0.39, 0.29) is 23.0 Å².